The van der Waals surface area contributed by atoms with E-state index in [9.17, 15) is 13.5 Å². The number of aliphatic hydroxyl groups is 1. The van der Waals surface area contributed by atoms with E-state index in [0.29, 0.717) is 5.82 Å². The highest BCUT2D eigenvalue weighted by Gasteiger charge is 2.44. The Balaban J connectivity index is 2.41. The van der Waals surface area contributed by atoms with E-state index < -0.39 is 15.4 Å². The molecule has 7 heteroatoms. The third-order valence-corrected chi connectivity index (χ3v) is 4.16. The van der Waals surface area contributed by atoms with Gasteiger partial charge >= 0.3 is 0 Å². The van der Waals surface area contributed by atoms with Crippen molar-refractivity contribution >= 4 is 9.84 Å². The van der Waals surface area contributed by atoms with Gasteiger partial charge in [-0.25, -0.2) is 13.4 Å². The van der Waals surface area contributed by atoms with Crippen molar-refractivity contribution in [2.24, 2.45) is 7.05 Å². The van der Waals surface area contributed by atoms with Gasteiger partial charge in [-0.15, -0.1) is 0 Å². The predicted molar refractivity (Wildman–Crippen MR) is 48.2 cm³/mol. The zero-order valence-electron chi connectivity index (χ0n) is 7.71. The highest BCUT2D eigenvalue weighted by molar-refractivity contribution is 7.91. The maximum absolute atomic E-state index is 11.2. The Morgan fingerprint density at radius 2 is 2.36 bits per heavy atom. The van der Waals surface area contributed by atoms with E-state index >= 15 is 0 Å². The minimum Gasteiger partial charge on any atom is -0.381 e. The van der Waals surface area contributed by atoms with Gasteiger partial charge in [0.15, 0.2) is 15.7 Å². The van der Waals surface area contributed by atoms with E-state index in [4.69, 9.17) is 0 Å². The van der Waals surface area contributed by atoms with E-state index in [2.05, 4.69) is 10.1 Å². The molecule has 1 saturated heterocycles. The topological polar surface area (TPSA) is 85.1 Å². The van der Waals surface area contributed by atoms with Crippen molar-refractivity contribution in [1.82, 2.24) is 14.8 Å². The normalized spacial score (nSPS) is 30.7. The van der Waals surface area contributed by atoms with E-state index in [1.54, 1.807) is 7.05 Å². The number of rotatable bonds is 1. The molecule has 1 fully saturated rings. The SMILES string of the molecule is Cn1ncnc1C1(O)CCS(=O)(=O)C1. The average molecular weight is 217 g/mol. The lowest BCUT2D eigenvalue weighted by Gasteiger charge is -2.18. The molecular formula is C7H11N3O3S. The van der Waals surface area contributed by atoms with Crippen LogP contribution >= 0.6 is 0 Å². The molecule has 78 valence electrons. The van der Waals surface area contributed by atoms with Crippen molar-refractivity contribution in [1.29, 1.82) is 0 Å². The summed E-state index contributed by atoms with van der Waals surface area (Å²) in [6.07, 6.45) is 1.50. The van der Waals surface area contributed by atoms with Crippen LogP contribution in [0.2, 0.25) is 0 Å². The molecule has 1 atom stereocenters. The van der Waals surface area contributed by atoms with Crippen molar-refractivity contribution in [2.45, 2.75) is 12.0 Å². The fourth-order valence-corrected chi connectivity index (χ4v) is 3.52. The van der Waals surface area contributed by atoms with Gasteiger partial charge < -0.3 is 5.11 Å². The second kappa shape index (κ2) is 2.77. The summed E-state index contributed by atoms with van der Waals surface area (Å²) in [5.41, 5.74) is -1.36. The molecule has 1 aliphatic heterocycles. The van der Waals surface area contributed by atoms with Gasteiger partial charge in [-0.1, -0.05) is 0 Å². The summed E-state index contributed by atoms with van der Waals surface area (Å²) < 4.78 is 23.9. The molecule has 1 aromatic heterocycles. The molecule has 2 heterocycles. The van der Waals surface area contributed by atoms with E-state index in [-0.39, 0.29) is 17.9 Å². The second-order valence-corrected chi connectivity index (χ2v) is 5.76. The average Bonchev–Trinajstić information content (AvgIpc) is 2.57. The highest BCUT2D eigenvalue weighted by atomic mass is 32.2. The van der Waals surface area contributed by atoms with Crippen LogP contribution in [0.25, 0.3) is 0 Å². The molecule has 0 saturated carbocycles. The third kappa shape index (κ3) is 1.42. The van der Waals surface area contributed by atoms with Crippen molar-refractivity contribution < 1.29 is 13.5 Å². The summed E-state index contributed by atoms with van der Waals surface area (Å²) in [5, 5.41) is 13.9. The highest BCUT2D eigenvalue weighted by Crippen LogP contribution is 2.31. The van der Waals surface area contributed by atoms with Crippen LogP contribution in [0.3, 0.4) is 0 Å². The summed E-state index contributed by atoms with van der Waals surface area (Å²) in [7, 11) is -1.50. The summed E-state index contributed by atoms with van der Waals surface area (Å²) in [6.45, 7) is 0. The van der Waals surface area contributed by atoms with Gasteiger partial charge in [0.05, 0.1) is 11.5 Å². The molecule has 14 heavy (non-hydrogen) atoms. The summed E-state index contributed by atoms with van der Waals surface area (Å²) in [6, 6.07) is 0. The molecule has 1 N–H and O–H groups in total. The lowest BCUT2D eigenvalue weighted by molar-refractivity contribution is 0.0518. The molecule has 0 radical (unpaired) electrons. The van der Waals surface area contributed by atoms with Crippen LogP contribution < -0.4 is 0 Å². The van der Waals surface area contributed by atoms with Crippen molar-refractivity contribution in [3.8, 4) is 0 Å². The molecule has 0 spiro atoms. The molecular weight excluding hydrogens is 206 g/mol. The van der Waals surface area contributed by atoms with Crippen LogP contribution in [0, 0.1) is 0 Å². The van der Waals surface area contributed by atoms with Gasteiger partial charge in [0.1, 0.15) is 11.9 Å². The van der Waals surface area contributed by atoms with E-state index in [0.717, 1.165) is 0 Å². The number of hydrogen-bond acceptors (Lipinski definition) is 5. The molecule has 0 bridgehead atoms. The monoisotopic (exact) mass is 217 g/mol. The molecule has 1 aromatic rings. The van der Waals surface area contributed by atoms with Gasteiger partial charge in [0, 0.05) is 7.05 Å². The largest absolute Gasteiger partial charge is 0.381 e. The minimum atomic E-state index is -3.13. The Kier molecular flexibility index (Phi) is 1.90. The van der Waals surface area contributed by atoms with Crippen LogP contribution in [-0.4, -0.2) is 39.8 Å². The lowest BCUT2D eigenvalue weighted by atomic mass is 10.0. The first-order valence-corrected chi connectivity index (χ1v) is 6.02. The summed E-state index contributed by atoms with van der Waals surface area (Å²) in [4.78, 5) is 3.87. The quantitative estimate of drug-likeness (QED) is 0.640. The fourth-order valence-electron chi connectivity index (χ4n) is 1.73. The van der Waals surface area contributed by atoms with Crippen LogP contribution in [0.4, 0.5) is 0 Å². The Bertz CT molecular complexity index is 453. The second-order valence-electron chi connectivity index (χ2n) is 3.58. The number of nitrogens with zero attached hydrogens (tertiary/aromatic N) is 3. The summed E-state index contributed by atoms with van der Waals surface area (Å²) in [5.74, 6) is 0.0710. The molecule has 6 nitrogen and oxygen atoms in total. The number of hydrogen-bond donors (Lipinski definition) is 1. The van der Waals surface area contributed by atoms with Crippen LogP contribution in [-0.2, 0) is 22.5 Å². The Labute approximate surface area is 81.5 Å². The zero-order valence-corrected chi connectivity index (χ0v) is 8.53. The maximum atomic E-state index is 11.2. The third-order valence-electron chi connectivity index (χ3n) is 2.41. The molecule has 0 aromatic carbocycles. The zero-order chi connectivity index (χ0) is 10.4. The molecule has 2 rings (SSSR count). The van der Waals surface area contributed by atoms with Gasteiger partial charge in [0.2, 0.25) is 0 Å². The Hall–Kier alpha value is -0.950. The predicted octanol–water partition coefficient (Wildman–Crippen LogP) is -1.18. The smallest absolute Gasteiger partial charge is 0.159 e. The van der Waals surface area contributed by atoms with Crippen LogP contribution in [0.5, 0.6) is 0 Å². The van der Waals surface area contributed by atoms with Crippen LogP contribution in [0.1, 0.15) is 12.2 Å². The first-order chi connectivity index (χ1) is 6.43. The lowest BCUT2D eigenvalue weighted by Crippen LogP contribution is -2.30. The fraction of sp³-hybridized carbons (Fsp3) is 0.714. The minimum absolute atomic E-state index is 0.0103. The molecule has 0 aliphatic carbocycles. The standard InChI is InChI=1S/C7H11N3O3S/c1-10-6(8-5-9-10)7(11)2-3-14(12,13)4-7/h5,11H,2-4H2,1H3. The molecule has 1 aliphatic rings. The van der Waals surface area contributed by atoms with Gasteiger partial charge in [-0.3, -0.25) is 4.68 Å². The number of sulfone groups is 1. The Morgan fingerprint density at radius 3 is 2.79 bits per heavy atom. The van der Waals surface area contributed by atoms with Crippen LogP contribution in [0.15, 0.2) is 6.33 Å². The number of aromatic nitrogens is 3. The van der Waals surface area contributed by atoms with Crippen molar-refractivity contribution in [2.75, 3.05) is 11.5 Å². The van der Waals surface area contributed by atoms with Crippen molar-refractivity contribution in [3.05, 3.63) is 12.2 Å². The van der Waals surface area contributed by atoms with Gasteiger partial charge in [-0.2, -0.15) is 5.10 Å². The maximum Gasteiger partial charge on any atom is 0.159 e. The number of aryl methyl sites for hydroxylation is 1. The first kappa shape index (κ1) is 9.60. The Morgan fingerprint density at radius 1 is 1.64 bits per heavy atom. The molecule has 0 amide bonds. The summed E-state index contributed by atoms with van der Waals surface area (Å²) >= 11 is 0. The van der Waals surface area contributed by atoms with Gasteiger partial charge in [-0.05, 0) is 6.42 Å². The van der Waals surface area contributed by atoms with E-state index in [1.165, 1.54) is 11.0 Å². The molecule has 1 unspecified atom stereocenters. The van der Waals surface area contributed by atoms with E-state index in [1.807, 2.05) is 0 Å². The van der Waals surface area contributed by atoms with Crippen molar-refractivity contribution in [3.63, 3.8) is 0 Å². The first-order valence-electron chi connectivity index (χ1n) is 4.20. The van der Waals surface area contributed by atoms with Gasteiger partial charge in [0.25, 0.3) is 0 Å².